The first-order valence-corrected chi connectivity index (χ1v) is 25.7. The van der Waals surface area contributed by atoms with Crippen molar-refractivity contribution in [3.63, 3.8) is 0 Å². The third-order valence-electron chi connectivity index (χ3n) is 9.98. The molecule has 0 N–H and O–H groups in total. The zero-order valence-electron chi connectivity index (χ0n) is 47.5. The van der Waals surface area contributed by atoms with Crippen molar-refractivity contribution >= 4 is 46.4 Å². The summed E-state index contributed by atoms with van der Waals surface area (Å²) in [6.07, 6.45) is -5.30. The van der Waals surface area contributed by atoms with E-state index in [4.69, 9.17) is 46.4 Å². The van der Waals surface area contributed by atoms with Crippen molar-refractivity contribution in [1.29, 1.82) is 0 Å². The molecule has 8 aromatic rings. The second-order valence-electron chi connectivity index (χ2n) is 16.1. The van der Waals surface area contributed by atoms with Gasteiger partial charge in [0.25, 0.3) is 0 Å². The molecule has 0 fully saturated rings. The molecular weight excluding hydrogens is 1660 g/mol. The monoisotopic (exact) mass is 1720 g/mol. The molecule has 0 aliphatic rings. The molecule has 8 rings (SSSR count). The Hall–Kier alpha value is -7.14. The number of ether oxygens (including phenoxy) is 6. The maximum absolute atomic E-state index is 12.6. The normalized spacial score (nSPS) is 10.9. The summed E-state index contributed by atoms with van der Waals surface area (Å²) in [5, 5.41) is -1.40. The molecule has 0 unspecified atom stereocenters. The minimum atomic E-state index is -4.48. The molecular formula is C63H54Cl4F12Ir2N4O6. The molecule has 0 saturated carbocycles. The van der Waals surface area contributed by atoms with E-state index in [9.17, 15) is 52.7 Å². The zero-order chi connectivity index (χ0) is 66.1. The van der Waals surface area contributed by atoms with Crippen LogP contribution in [-0.2, 0) is 93.3 Å². The molecule has 0 spiro atoms. The van der Waals surface area contributed by atoms with Crippen LogP contribution in [0.1, 0.15) is 29.7 Å². The number of methoxy groups -OCH3 is 6. The number of alkyl halides is 12. The van der Waals surface area contributed by atoms with Gasteiger partial charge in [0, 0.05) is 37.5 Å². The summed E-state index contributed by atoms with van der Waals surface area (Å²) in [5.41, 5.74) is -0.527. The van der Waals surface area contributed by atoms with E-state index in [-0.39, 0.29) is 84.4 Å². The van der Waals surface area contributed by atoms with Gasteiger partial charge in [-0.3, -0.25) is 11.2 Å². The number of benzene rings is 4. The second kappa shape index (κ2) is 43.6. The topological polar surface area (TPSA) is 107 Å². The van der Waals surface area contributed by atoms with E-state index in [1.54, 1.807) is 87.0 Å². The van der Waals surface area contributed by atoms with E-state index < -0.39 is 47.0 Å². The van der Waals surface area contributed by atoms with Crippen molar-refractivity contribution in [3.8, 4) is 45.0 Å². The number of halogens is 16. The molecule has 0 saturated heterocycles. The van der Waals surface area contributed by atoms with Crippen LogP contribution >= 0.6 is 46.4 Å². The second-order valence-corrected chi connectivity index (χ2v) is 17.7. The SMILES string of the molecule is C.CO[C-]=COC.FC(F)(F)c1cc(-c2ccccn2)[c-]cc1Cl.FC(F)(F)c1cc(-c2ccccn2)[c-]cc1Cl.FC(F)(F)c1cc(-c2ccccn2)[c-]cc1Cl.FC(F)(F)c1cc(-c2ccccn2)ccc1Cl.[CH2-]/C(=C/OC)OC.[CH2-]/C(=C\OC)OC.[Ir+3].[Ir+3]. The van der Waals surface area contributed by atoms with E-state index in [2.05, 4.69) is 86.7 Å². The summed E-state index contributed by atoms with van der Waals surface area (Å²) in [7, 11) is 9.21. The van der Waals surface area contributed by atoms with Crippen molar-refractivity contribution < 1.29 is 121 Å². The largest absolute Gasteiger partial charge is 3.00 e. The number of aromatic nitrogens is 4. The quantitative estimate of drug-likeness (QED) is 0.0746. The summed E-state index contributed by atoms with van der Waals surface area (Å²) in [4.78, 5) is 15.9. The smallest absolute Gasteiger partial charge is 0.692 e. The first-order chi connectivity index (χ1) is 41.5. The summed E-state index contributed by atoms with van der Waals surface area (Å²) in [5.74, 6) is 1.06. The maximum Gasteiger partial charge on any atom is 3.00 e. The number of rotatable bonds is 10. The minimum absolute atomic E-state index is 0. The van der Waals surface area contributed by atoms with Crippen molar-refractivity contribution in [2.45, 2.75) is 32.1 Å². The van der Waals surface area contributed by atoms with Gasteiger partial charge in [0.1, 0.15) is 0 Å². The van der Waals surface area contributed by atoms with Gasteiger partial charge in [-0.15, -0.1) is 106 Å². The summed E-state index contributed by atoms with van der Waals surface area (Å²) >= 11 is 22.0. The standard InChI is InChI=1S/C12H7ClF3N.3C12H6ClF3N.2C5H9O2.C4H7O2.CH4.2Ir/c4*13-10-5-4-8(7-9(10)12(14,15)16)11-3-1-2-6-17-11;2*1-5(7-3)4-6-2;1-5-3-4-6-2;;;/h1-7H;3*1-3,5-7H;2*4H,1H2,2-3H3;3H,1-2H3;1H4;;/q;6*-1;;2*+3/b;;;;5-4+;5-4-;;;;. The Balaban J connectivity index is 0. The van der Waals surface area contributed by atoms with Gasteiger partial charge in [-0.1, -0.05) is 73.8 Å². The van der Waals surface area contributed by atoms with Crippen LogP contribution < -0.4 is 0 Å². The Morgan fingerprint density at radius 1 is 0.429 bits per heavy atom. The predicted octanol–water partition coefficient (Wildman–Crippen LogP) is 20.2. The predicted molar refractivity (Wildman–Crippen MR) is 319 cm³/mol. The van der Waals surface area contributed by atoms with Gasteiger partial charge in [0.05, 0.1) is 51.8 Å². The van der Waals surface area contributed by atoms with Gasteiger partial charge >= 0.3 is 64.9 Å². The molecule has 28 heteroatoms. The molecule has 0 aliphatic carbocycles. The molecule has 10 nitrogen and oxygen atoms in total. The molecule has 0 amide bonds. The van der Waals surface area contributed by atoms with Crippen LogP contribution in [0.3, 0.4) is 0 Å². The van der Waals surface area contributed by atoms with Crippen molar-refractivity contribution in [2.24, 2.45) is 0 Å². The van der Waals surface area contributed by atoms with E-state index in [0.29, 0.717) is 39.9 Å². The van der Waals surface area contributed by atoms with Crippen LogP contribution in [-0.4, -0.2) is 62.6 Å². The summed E-state index contributed by atoms with van der Waals surface area (Å²) in [6, 6.07) is 37.9. The van der Waals surface area contributed by atoms with Gasteiger partial charge < -0.3 is 43.4 Å². The van der Waals surface area contributed by atoms with E-state index in [1.807, 2.05) is 0 Å². The number of nitrogens with zero attached hydrogens (tertiary/aromatic N) is 4. The number of pyridine rings is 4. The van der Waals surface area contributed by atoms with Crippen molar-refractivity contribution in [2.75, 3.05) is 42.7 Å². The maximum atomic E-state index is 12.6. The summed E-state index contributed by atoms with van der Waals surface area (Å²) in [6.45, 7) is 6.92. The number of allylic oxidation sites excluding steroid dienone is 2. The zero-order valence-corrected chi connectivity index (χ0v) is 55.3. The van der Waals surface area contributed by atoms with E-state index in [0.717, 1.165) is 42.5 Å². The molecule has 4 aromatic carbocycles. The Kier molecular flexibility index (Phi) is 41.2. The van der Waals surface area contributed by atoms with Crippen LogP contribution in [0.25, 0.3) is 45.0 Å². The average Bonchev–Trinajstić information content (AvgIpc) is 0.946. The van der Waals surface area contributed by atoms with E-state index in [1.165, 1.54) is 84.1 Å². The molecule has 0 atom stereocenters. The van der Waals surface area contributed by atoms with Crippen LogP contribution in [0.2, 0.25) is 20.1 Å². The van der Waals surface area contributed by atoms with Crippen LogP contribution in [0.4, 0.5) is 52.7 Å². The number of hydrogen-bond acceptors (Lipinski definition) is 10. The van der Waals surface area contributed by atoms with Crippen LogP contribution in [0.15, 0.2) is 182 Å². The van der Waals surface area contributed by atoms with Crippen molar-refractivity contribution in [3.05, 3.63) is 263 Å². The minimum Gasteiger partial charge on any atom is -0.692 e. The van der Waals surface area contributed by atoms with Gasteiger partial charge in [-0.05, 0) is 115 Å². The third kappa shape index (κ3) is 32.1. The fourth-order valence-electron chi connectivity index (χ4n) is 5.97. The van der Waals surface area contributed by atoms with Gasteiger partial charge in [-0.25, -0.2) is 13.8 Å². The fourth-order valence-corrected chi connectivity index (χ4v) is 6.85. The van der Waals surface area contributed by atoms with Gasteiger partial charge in [0.15, 0.2) is 0 Å². The Morgan fingerprint density at radius 2 is 0.725 bits per heavy atom. The van der Waals surface area contributed by atoms with E-state index >= 15 is 0 Å². The summed E-state index contributed by atoms with van der Waals surface area (Å²) < 4.78 is 179. The Bertz CT molecular complexity index is 2990. The molecule has 4 aromatic heterocycles. The first-order valence-electron chi connectivity index (χ1n) is 24.1. The molecule has 91 heavy (non-hydrogen) atoms. The average molecular weight is 1720 g/mol. The van der Waals surface area contributed by atoms with Crippen molar-refractivity contribution in [1.82, 2.24) is 19.9 Å². The Labute approximate surface area is 566 Å². The molecule has 0 bridgehead atoms. The van der Waals surface area contributed by atoms with Gasteiger partial charge in [0.2, 0.25) is 0 Å². The molecule has 0 radical (unpaired) electrons. The third-order valence-corrected chi connectivity index (χ3v) is 11.2. The fraction of sp³-hybridized carbons (Fsp3) is 0.175. The number of hydrogen-bond donors (Lipinski definition) is 0. The van der Waals surface area contributed by atoms with Crippen LogP contribution in [0, 0.1) is 38.3 Å². The first kappa shape index (κ1) is 85.9. The molecule has 0 aliphatic heterocycles. The molecule has 492 valence electrons. The van der Waals surface area contributed by atoms with Crippen LogP contribution in [0.5, 0.6) is 0 Å². The molecule has 4 heterocycles. The Morgan fingerprint density at radius 3 is 0.945 bits per heavy atom. The van der Waals surface area contributed by atoms with Gasteiger partial charge in [-0.2, -0.15) is 52.7 Å².